The van der Waals surface area contributed by atoms with E-state index >= 15 is 0 Å². The number of hydrogen-bond acceptors (Lipinski definition) is 6. The van der Waals surface area contributed by atoms with E-state index in [0.717, 1.165) is 6.07 Å². The molecule has 0 aliphatic carbocycles. The van der Waals surface area contributed by atoms with Crippen molar-refractivity contribution in [3.63, 3.8) is 0 Å². The predicted molar refractivity (Wildman–Crippen MR) is 88.9 cm³/mol. The second-order valence-electron chi connectivity index (χ2n) is 6.21. The van der Waals surface area contributed by atoms with E-state index in [2.05, 4.69) is 9.97 Å². The summed E-state index contributed by atoms with van der Waals surface area (Å²) in [4.78, 5) is 9.19. The highest BCUT2D eigenvalue weighted by molar-refractivity contribution is 5.39. The first kappa shape index (κ1) is 19.3. The number of benzene rings is 1. The lowest BCUT2D eigenvalue weighted by Gasteiger charge is -2.37. The van der Waals surface area contributed by atoms with Crippen LogP contribution in [0.15, 0.2) is 30.3 Å². The number of alkyl halides is 3. The Labute approximate surface area is 152 Å². The third-order valence-corrected chi connectivity index (χ3v) is 4.22. The number of halogens is 4. The summed E-state index contributed by atoms with van der Waals surface area (Å²) in [6.45, 7) is 0.375. The summed E-state index contributed by atoms with van der Waals surface area (Å²) in [5.41, 5.74) is 4.51. The van der Waals surface area contributed by atoms with Gasteiger partial charge < -0.3 is 20.5 Å². The minimum Gasteiger partial charge on any atom is -0.439 e. The highest BCUT2D eigenvalue weighted by Gasteiger charge is 2.36. The third kappa shape index (κ3) is 4.64. The van der Waals surface area contributed by atoms with Crippen LogP contribution in [0.25, 0.3) is 0 Å². The van der Waals surface area contributed by atoms with Gasteiger partial charge >= 0.3 is 6.18 Å². The zero-order valence-corrected chi connectivity index (χ0v) is 14.2. The van der Waals surface area contributed by atoms with Crippen LogP contribution in [-0.4, -0.2) is 40.3 Å². The van der Waals surface area contributed by atoms with E-state index in [0.29, 0.717) is 18.9 Å². The highest BCUT2D eigenvalue weighted by atomic mass is 19.4. The summed E-state index contributed by atoms with van der Waals surface area (Å²) < 4.78 is 58.4. The maximum absolute atomic E-state index is 13.3. The maximum atomic E-state index is 13.3. The van der Waals surface area contributed by atoms with Gasteiger partial charge in [0.25, 0.3) is 0 Å². The molecule has 6 nitrogen and oxygen atoms in total. The molecular weight excluding hydrogens is 368 g/mol. The molecule has 2 atom stereocenters. The highest BCUT2D eigenvalue weighted by Crippen LogP contribution is 2.33. The van der Waals surface area contributed by atoms with E-state index in [9.17, 15) is 22.7 Å². The minimum absolute atomic E-state index is 0.0113. The van der Waals surface area contributed by atoms with Crippen LogP contribution in [0.2, 0.25) is 0 Å². The van der Waals surface area contributed by atoms with Gasteiger partial charge in [0, 0.05) is 31.3 Å². The molecule has 27 heavy (non-hydrogen) atoms. The Morgan fingerprint density at radius 2 is 2.04 bits per heavy atom. The van der Waals surface area contributed by atoms with E-state index in [1.165, 1.54) is 23.1 Å². The van der Waals surface area contributed by atoms with Crippen LogP contribution in [0.3, 0.4) is 0 Å². The summed E-state index contributed by atoms with van der Waals surface area (Å²) in [6.07, 6.45) is -4.64. The lowest BCUT2D eigenvalue weighted by molar-refractivity contribution is -0.141. The van der Waals surface area contributed by atoms with Crippen molar-refractivity contribution in [1.29, 1.82) is 0 Å². The van der Waals surface area contributed by atoms with Crippen LogP contribution < -0.4 is 15.4 Å². The summed E-state index contributed by atoms with van der Waals surface area (Å²) >= 11 is 0. The molecule has 3 rings (SSSR count). The fraction of sp³-hybridized carbons (Fsp3) is 0.412. The van der Waals surface area contributed by atoms with Crippen LogP contribution in [0.4, 0.5) is 23.5 Å². The lowest BCUT2D eigenvalue weighted by atomic mass is 10.00. The largest absolute Gasteiger partial charge is 0.439 e. The van der Waals surface area contributed by atoms with Crippen molar-refractivity contribution >= 4 is 5.95 Å². The van der Waals surface area contributed by atoms with Gasteiger partial charge in [-0.2, -0.15) is 18.2 Å². The molecule has 1 aromatic heterocycles. The van der Waals surface area contributed by atoms with Gasteiger partial charge in [0.1, 0.15) is 11.6 Å². The number of rotatable bonds is 4. The standard InChI is InChI=1S/C17H18F4N4O2/c18-10-2-1-3-13(6-10)27-15-8-14(17(19,20)21)23-16(24-15)25-5-4-12(26)7-11(25)9-22/h1-3,6,8,11-12,26H,4-5,7,9,22H2. The third-order valence-electron chi connectivity index (χ3n) is 4.22. The van der Waals surface area contributed by atoms with E-state index in [4.69, 9.17) is 10.5 Å². The second-order valence-corrected chi connectivity index (χ2v) is 6.21. The fourth-order valence-corrected chi connectivity index (χ4v) is 2.91. The molecule has 3 N–H and O–H groups in total. The first-order valence-electron chi connectivity index (χ1n) is 8.30. The average Bonchev–Trinajstić information content (AvgIpc) is 2.60. The molecule has 0 radical (unpaired) electrons. The van der Waals surface area contributed by atoms with Gasteiger partial charge in [0.05, 0.1) is 6.10 Å². The Morgan fingerprint density at radius 1 is 1.26 bits per heavy atom. The van der Waals surface area contributed by atoms with E-state index in [1.54, 1.807) is 0 Å². The zero-order valence-electron chi connectivity index (χ0n) is 14.2. The lowest BCUT2D eigenvalue weighted by Crippen LogP contribution is -2.49. The van der Waals surface area contributed by atoms with Gasteiger partial charge in [-0.1, -0.05) is 6.07 Å². The second kappa shape index (κ2) is 7.65. The summed E-state index contributed by atoms with van der Waals surface area (Å²) in [6, 6.07) is 5.25. The number of ether oxygens (including phenoxy) is 1. The number of piperidine rings is 1. The van der Waals surface area contributed by atoms with Crippen molar-refractivity contribution in [2.75, 3.05) is 18.0 Å². The predicted octanol–water partition coefficient (Wildman–Crippen LogP) is 2.72. The Bertz CT molecular complexity index is 803. The Hall–Kier alpha value is -2.46. The molecule has 1 aliphatic heterocycles. The fourth-order valence-electron chi connectivity index (χ4n) is 2.91. The average molecular weight is 386 g/mol. The number of hydrogen-bond donors (Lipinski definition) is 2. The van der Waals surface area contributed by atoms with Gasteiger partial charge in [0.15, 0.2) is 5.69 Å². The summed E-state index contributed by atoms with van der Waals surface area (Å²) in [5.74, 6) is -1.14. The van der Waals surface area contributed by atoms with Gasteiger partial charge in [-0.15, -0.1) is 0 Å². The number of nitrogens with two attached hydrogens (primary N) is 1. The SMILES string of the molecule is NCC1CC(O)CCN1c1nc(Oc2cccc(F)c2)cc(C(F)(F)F)n1. The number of aliphatic hydroxyl groups is 1. The maximum Gasteiger partial charge on any atom is 0.433 e. The first-order valence-corrected chi connectivity index (χ1v) is 8.30. The van der Waals surface area contributed by atoms with Crippen molar-refractivity contribution in [2.45, 2.75) is 31.2 Å². The summed E-state index contributed by atoms with van der Waals surface area (Å²) in [7, 11) is 0. The summed E-state index contributed by atoms with van der Waals surface area (Å²) in [5, 5.41) is 9.77. The molecule has 2 unspecified atom stereocenters. The number of nitrogens with zero attached hydrogens (tertiary/aromatic N) is 3. The Morgan fingerprint density at radius 3 is 2.70 bits per heavy atom. The van der Waals surface area contributed by atoms with Crippen molar-refractivity contribution in [3.05, 3.63) is 41.8 Å². The molecule has 1 fully saturated rings. The number of anilines is 1. The minimum atomic E-state index is -4.72. The molecule has 0 spiro atoms. The molecule has 10 heteroatoms. The molecule has 0 bridgehead atoms. The monoisotopic (exact) mass is 386 g/mol. The van der Waals surface area contributed by atoms with Gasteiger partial charge in [0.2, 0.25) is 11.8 Å². The Kier molecular flexibility index (Phi) is 5.47. The van der Waals surface area contributed by atoms with Crippen molar-refractivity contribution in [1.82, 2.24) is 9.97 Å². The molecule has 146 valence electrons. The molecule has 0 saturated carbocycles. The Balaban J connectivity index is 1.98. The molecule has 1 aliphatic rings. The van der Waals surface area contributed by atoms with E-state index in [1.807, 2.05) is 0 Å². The quantitative estimate of drug-likeness (QED) is 0.786. The smallest absolute Gasteiger partial charge is 0.433 e. The normalized spacial score (nSPS) is 20.6. The number of aliphatic hydroxyl groups excluding tert-OH is 1. The van der Waals surface area contributed by atoms with Crippen LogP contribution in [0.1, 0.15) is 18.5 Å². The van der Waals surface area contributed by atoms with Crippen LogP contribution in [0, 0.1) is 5.82 Å². The number of aromatic nitrogens is 2. The molecule has 1 saturated heterocycles. The van der Waals surface area contributed by atoms with Crippen molar-refractivity contribution < 1.29 is 27.4 Å². The topological polar surface area (TPSA) is 84.5 Å². The molecule has 1 aromatic carbocycles. The molecule has 0 amide bonds. The molecule has 2 aromatic rings. The van der Waals surface area contributed by atoms with Gasteiger partial charge in [-0.25, -0.2) is 9.37 Å². The van der Waals surface area contributed by atoms with E-state index < -0.39 is 29.8 Å². The van der Waals surface area contributed by atoms with Crippen LogP contribution in [-0.2, 0) is 6.18 Å². The zero-order chi connectivity index (χ0) is 19.6. The van der Waals surface area contributed by atoms with E-state index in [-0.39, 0.29) is 30.7 Å². The van der Waals surface area contributed by atoms with Gasteiger partial charge in [-0.05, 0) is 25.0 Å². The molecular formula is C17H18F4N4O2. The van der Waals surface area contributed by atoms with Crippen molar-refractivity contribution in [2.24, 2.45) is 5.73 Å². The van der Waals surface area contributed by atoms with Crippen molar-refractivity contribution in [3.8, 4) is 11.6 Å². The molecule has 2 heterocycles. The van der Waals surface area contributed by atoms with Gasteiger partial charge in [-0.3, -0.25) is 0 Å². The van der Waals surface area contributed by atoms with Crippen LogP contribution >= 0.6 is 0 Å². The van der Waals surface area contributed by atoms with Crippen LogP contribution in [0.5, 0.6) is 11.6 Å². The first-order chi connectivity index (χ1) is 12.8.